The lowest BCUT2D eigenvalue weighted by Crippen LogP contribution is -2.28. The molecule has 2 aromatic heterocycles. The van der Waals surface area contributed by atoms with E-state index in [9.17, 15) is 14.0 Å². The molecule has 4 rings (SSSR count). The predicted molar refractivity (Wildman–Crippen MR) is 120 cm³/mol. The third kappa shape index (κ3) is 5.61. The molecule has 0 saturated carbocycles. The first-order valence-corrected chi connectivity index (χ1v) is 10.8. The van der Waals surface area contributed by atoms with Crippen LogP contribution >= 0.6 is 11.8 Å². The number of benzene rings is 2. The molecule has 0 aliphatic rings. The van der Waals surface area contributed by atoms with Gasteiger partial charge in [-0.1, -0.05) is 42.1 Å². The van der Waals surface area contributed by atoms with Crippen molar-refractivity contribution in [3.63, 3.8) is 0 Å². The van der Waals surface area contributed by atoms with Crippen molar-refractivity contribution in [2.75, 3.05) is 6.54 Å². The number of para-hydroxylation sites is 1. The maximum absolute atomic E-state index is 13.0. The van der Waals surface area contributed by atoms with Crippen molar-refractivity contribution in [1.29, 1.82) is 0 Å². The first-order valence-electron chi connectivity index (χ1n) is 9.86. The zero-order valence-electron chi connectivity index (χ0n) is 16.7. The average Bonchev–Trinajstić information content (AvgIpc) is 3.16. The number of thioether (sulfide) groups is 1. The van der Waals surface area contributed by atoms with E-state index in [0.29, 0.717) is 29.6 Å². The molecule has 31 heavy (non-hydrogen) atoms. The van der Waals surface area contributed by atoms with Gasteiger partial charge in [-0.05, 0) is 35.7 Å². The number of rotatable bonds is 8. The molecular weight excluding hydrogens is 415 g/mol. The molecule has 0 aliphatic heterocycles. The zero-order chi connectivity index (χ0) is 21.6. The monoisotopic (exact) mass is 436 g/mol. The van der Waals surface area contributed by atoms with Crippen molar-refractivity contribution >= 4 is 28.6 Å². The lowest BCUT2D eigenvalue weighted by molar-refractivity contribution is -0.120. The number of carbonyl (C=O) groups excluding carboxylic acids is 1. The summed E-state index contributed by atoms with van der Waals surface area (Å²) >= 11 is 1.33. The summed E-state index contributed by atoms with van der Waals surface area (Å²) in [6, 6.07) is 15.5. The number of H-pyrrole nitrogens is 2. The van der Waals surface area contributed by atoms with Crippen LogP contribution in [0.2, 0.25) is 0 Å². The van der Waals surface area contributed by atoms with E-state index in [0.717, 1.165) is 22.0 Å². The number of nitrogens with zero attached hydrogens (tertiary/aromatic N) is 1. The molecule has 0 saturated heterocycles. The van der Waals surface area contributed by atoms with E-state index in [2.05, 4.69) is 20.3 Å². The number of amides is 1. The summed E-state index contributed by atoms with van der Waals surface area (Å²) in [7, 11) is 0. The van der Waals surface area contributed by atoms with Crippen molar-refractivity contribution in [3.05, 3.63) is 93.8 Å². The van der Waals surface area contributed by atoms with Crippen LogP contribution in [0.3, 0.4) is 0 Å². The Morgan fingerprint density at radius 2 is 1.94 bits per heavy atom. The molecule has 3 N–H and O–H groups in total. The van der Waals surface area contributed by atoms with E-state index in [1.807, 2.05) is 30.5 Å². The molecule has 0 unspecified atom stereocenters. The Kier molecular flexibility index (Phi) is 6.47. The number of nitrogens with one attached hydrogen (secondary N) is 3. The Bertz CT molecular complexity index is 1250. The van der Waals surface area contributed by atoms with E-state index in [-0.39, 0.29) is 23.7 Å². The number of hydrogen-bond donors (Lipinski definition) is 3. The smallest absolute Gasteiger partial charge is 0.251 e. The predicted octanol–water partition coefficient (Wildman–Crippen LogP) is 3.58. The maximum Gasteiger partial charge on any atom is 0.251 e. The number of carbonyl (C=O) groups is 1. The van der Waals surface area contributed by atoms with Crippen LogP contribution in [-0.2, 0) is 23.4 Å². The molecule has 0 spiro atoms. The SMILES string of the molecule is O=C(Cc1cc(=O)[nH]c(SCc2ccc(F)cc2)n1)NCCc1c[nH]c2ccccc12. The third-order valence-corrected chi connectivity index (χ3v) is 5.74. The molecule has 2 heterocycles. The van der Waals surface area contributed by atoms with Crippen molar-refractivity contribution in [2.24, 2.45) is 0 Å². The second-order valence-electron chi connectivity index (χ2n) is 7.09. The summed E-state index contributed by atoms with van der Waals surface area (Å²) in [5.41, 5.74) is 3.23. The minimum Gasteiger partial charge on any atom is -0.361 e. The Hall–Kier alpha value is -3.39. The van der Waals surface area contributed by atoms with Crippen LogP contribution in [0.15, 0.2) is 70.7 Å². The summed E-state index contributed by atoms with van der Waals surface area (Å²) in [6.07, 6.45) is 2.69. The van der Waals surface area contributed by atoms with Crippen molar-refractivity contribution in [3.8, 4) is 0 Å². The Balaban J connectivity index is 1.31. The fraction of sp³-hybridized carbons (Fsp3) is 0.174. The van der Waals surface area contributed by atoms with E-state index in [1.165, 1.54) is 30.0 Å². The van der Waals surface area contributed by atoms with Gasteiger partial charge in [0.2, 0.25) is 5.91 Å². The van der Waals surface area contributed by atoms with Gasteiger partial charge in [0.25, 0.3) is 5.56 Å². The van der Waals surface area contributed by atoms with Gasteiger partial charge in [0.15, 0.2) is 5.16 Å². The lowest BCUT2D eigenvalue weighted by Gasteiger charge is -2.06. The van der Waals surface area contributed by atoms with Gasteiger partial charge in [-0.2, -0.15) is 0 Å². The molecule has 0 radical (unpaired) electrons. The minimum absolute atomic E-state index is 0.0297. The van der Waals surface area contributed by atoms with Gasteiger partial charge < -0.3 is 15.3 Å². The van der Waals surface area contributed by atoms with Crippen LogP contribution in [0.25, 0.3) is 10.9 Å². The number of hydrogen-bond acceptors (Lipinski definition) is 4. The van der Waals surface area contributed by atoms with Crippen LogP contribution in [0.4, 0.5) is 4.39 Å². The minimum atomic E-state index is -0.307. The summed E-state index contributed by atoms with van der Waals surface area (Å²) in [4.78, 5) is 34.5. The fourth-order valence-electron chi connectivity index (χ4n) is 3.28. The molecule has 0 bridgehead atoms. The molecule has 8 heteroatoms. The number of aromatic amines is 2. The fourth-order valence-corrected chi connectivity index (χ4v) is 4.13. The molecular formula is C23H21FN4O2S. The quantitative estimate of drug-likeness (QED) is 0.291. The molecule has 4 aromatic rings. The van der Waals surface area contributed by atoms with Crippen LogP contribution in [0.5, 0.6) is 0 Å². The van der Waals surface area contributed by atoms with E-state index < -0.39 is 0 Å². The summed E-state index contributed by atoms with van der Waals surface area (Å²) in [6.45, 7) is 0.496. The lowest BCUT2D eigenvalue weighted by atomic mass is 10.1. The number of fused-ring (bicyclic) bond motifs is 1. The summed E-state index contributed by atoms with van der Waals surface area (Å²) in [5, 5.41) is 4.47. The highest BCUT2D eigenvalue weighted by Crippen LogP contribution is 2.19. The maximum atomic E-state index is 13.0. The van der Waals surface area contributed by atoms with Crippen molar-refractivity contribution in [1.82, 2.24) is 20.3 Å². The molecule has 0 fully saturated rings. The highest BCUT2D eigenvalue weighted by molar-refractivity contribution is 7.98. The molecule has 2 aromatic carbocycles. The number of halogens is 1. The average molecular weight is 437 g/mol. The van der Waals surface area contributed by atoms with Gasteiger partial charge in [-0.3, -0.25) is 9.59 Å². The second kappa shape index (κ2) is 9.61. The Labute approximate surface area is 182 Å². The molecule has 0 atom stereocenters. The van der Waals surface area contributed by atoms with Gasteiger partial charge >= 0.3 is 0 Å². The number of aromatic nitrogens is 3. The van der Waals surface area contributed by atoms with Gasteiger partial charge in [0.05, 0.1) is 12.1 Å². The van der Waals surface area contributed by atoms with E-state index in [4.69, 9.17) is 0 Å². The Morgan fingerprint density at radius 1 is 1.13 bits per heavy atom. The molecule has 158 valence electrons. The first kappa shape index (κ1) is 20.9. The van der Waals surface area contributed by atoms with Crippen LogP contribution in [-0.4, -0.2) is 27.4 Å². The normalized spacial score (nSPS) is 11.0. The van der Waals surface area contributed by atoms with Crippen LogP contribution in [0, 0.1) is 5.82 Å². The van der Waals surface area contributed by atoms with Crippen molar-refractivity contribution in [2.45, 2.75) is 23.8 Å². The van der Waals surface area contributed by atoms with E-state index >= 15 is 0 Å². The highest BCUT2D eigenvalue weighted by Gasteiger charge is 2.09. The Morgan fingerprint density at radius 3 is 2.77 bits per heavy atom. The molecule has 1 amide bonds. The van der Waals surface area contributed by atoms with Crippen LogP contribution in [0.1, 0.15) is 16.8 Å². The zero-order valence-corrected chi connectivity index (χ0v) is 17.5. The van der Waals surface area contributed by atoms with Crippen LogP contribution < -0.4 is 10.9 Å². The summed E-state index contributed by atoms with van der Waals surface area (Å²) < 4.78 is 13.0. The summed E-state index contributed by atoms with van der Waals surface area (Å²) in [5.74, 6) is 0.0501. The first-order chi connectivity index (χ1) is 15.1. The van der Waals surface area contributed by atoms with E-state index in [1.54, 1.807) is 12.1 Å². The second-order valence-corrected chi connectivity index (χ2v) is 8.06. The van der Waals surface area contributed by atoms with Gasteiger partial charge in [0, 0.05) is 35.5 Å². The largest absolute Gasteiger partial charge is 0.361 e. The molecule has 6 nitrogen and oxygen atoms in total. The van der Waals surface area contributed by atoms with Gasteiger partial charge in [-0.15, -0.1) is 0 Å². The standard InChI is InChI=1S/C23H21FN4O2S/c24-17-7-5-15(6-8-17)14-31-23-27-18(12-22(30)28-23)11-21(29)25-10-9-16-13-26-20-4-2-1-3-19(16)20/h1-8,12-13,26H,9-11,14H2,(H,25,29)(H,27,28,30). The van der Waals surface area contributed by atoms with Gasteiger partial charge in [-0.25, -0.2) is 9.37 Å². The van der Waals surface area contributed by atoms with Crippen molar-refractivity contribution < 1.29 is 9.18 Å². The molecule has 0 aliphatic carbocycles. The highest BCUT2D eigenvalue weighted by atomic mass is 32.2. The third-order valence-electron chi connectivity index (χ3n) is 4.79. The van der Waals surface area contributed by atoms with Gasteiger partial charge in [0.1, 0.15) is 5.82 Å². The topological polar surface area (TPSA) is 90.6 Å².